The van der Waals surface area contributed by atoms with Crippen LogP contribution in [0.3, 0.4) is 0 Å². The van der Waals surface area contributed by atoms with Crippen LogP contribution in [0, 0.1) is 0 Å². The molecule has 0 N–H and O–H groups in total. The van der Waals surface area contributed by atoms with Gasteiger partial charge in [-0.3, -0.25) is 0 Å². The van der Waals surface area contributed by atoms with E-state index in [0.717, 1.165) is 25.0 Å². The first-order chi connectivity index (χ1) is 9.26. The lowest BCUT2D eigenvalue weighted by Crippen LogP contribution is -2.34. The van der Waals surface area contributed by atoms with Crippen LogP contribution in [0.4, 0.5) is 13.2 Å². The first-order valence-corrected chi connectivity index (χ1v) is 7.99. The van der Waals surface area contributed by atoms with Crippen LogP contribution in [0.25, 0.3) is 0 Å². The molecule has 0 radical (unpaired) electrons. The minimum atomic E-state index is -4.57. The highest BCUT2D eigenvalue weighted by Crippen LogP contribution is 2.34. The Morgan fingerprint density at radius 1 is 1.30 bits per heavy atom. The summed E-state index contributed by atoms with van der Waals surface area (Å²) in [4.78, 5) is -0.343. The summed E-state index contributed by atoms with van der Waals surface area (Å²) in [6.07, 6.45) is -3.13. The summed E-state index contributed by atoms with van der Waals surface area (Å²) < 4.78 is 63.9. The van der Waals surface area contributed by atoms with Crippen molar-refractivity contribution >= 4 is 21.6 Å². The Kier molecular flexibility index (Phi) is 4.32. The number of halogens is 4. The van der Waals surface area contributed by atoms with Gasteiger partial charge < -0.3 is 0 Å². The zero-order chi connectivity index (χ0) is 15.0. The summed E-state index contributed by atoms with van der Waals surface area (Å²) in [5, 5.41) is 0. The Bertz CT molecular complexity index is 585. The summed E-state index contributed by atoms with van der Waals surface area (Å²) in [5.74, 6) is 0.106. The monoisotopic (exact) mass is 327 g/mol. The van der Waals surface area contributed by atoms with Gasteiger partial charge in [0.1, 0.15) is 0 Å². The molecule has 1 saturated carbocycles. The number of hydrogen-bond donors (Lipinski definition) is 0. The molecule has 0 spiro atoms. The first-order valence-electron chi connectivity index (χ1n) is 6.02. The average Bonchev–Trinajstić information content (AvgIpc) is 3.19. The third kappa shape index (κ3) is 3.27. The van der Waals surface area contributed by atoms with Crippen molar-refractivity contribution in [3.63, 3.8) is 0 Å². The van der Waals surface area contributed by atoms with Crippen molar-refractivity contribution in [2.45, 2.75) is 30.0 Å². The van der Waals surface area contributed by atoms with Crippen molar-refractivity contribution in [1.29, 1.82) is 0 Å². The minimum absolute atomic E-state index is 0.102. The topological polar surface area (TPSA) is 37.4 Å². The standard InChI is InChI=1S/C12H13ClF3NO2S/c13-6-7-17(10-4-5-10)20(18,19)11-3-1-2-9(8-11)12(14,15)16/h1-3,8,10H,4-7H2. The molecule has 8 heteroatoms. The molecule has 0 bridgehead atoms. The molecule has 3 nitrogen and oxygen atoms in total. The van der Waals surface area contributed by atoms with Gasteiger partial charge in [-0.2, -0.15) is 17.5 Å². The first kappa shape index (κ1) is 15.6. The van der Waals surface area contributed by atoms with E-state index in [1.165, 1.54) is 10.4 Å². The summed E-state index contributed by atoms with van der Waals surface area (Å²) in [6, 6.07) is 3.64. The molecule has 1 aliphatic rings. The van der Waals surface area contributed by atoms with E-state index in [4.69, 9.17) is 11.6 Å². The molecule has 1 aromatic carbocycles. The van der Waals surface area contributed by atoms with Crippen molar-refractivity contribution in [1.82, 2.24) is 4.31 Å². The summed E-state index contributed by atoms with van der Waals surface area (Å²) in [6.45, 7) is 0.102. The van der Waals surface area contributed by atoms with Crippen LogP contribution >= 0.6 is 11.6 Å². The van der Waals surface area contributed by atoms with Gasteiger partial charge in [0, 0.05) is 18.5 Å². The lowest BCUT2D eigenvalue weighted by molar-refractivity contribution is -0.137. The Morgan fingerprint density at radius 3 is 2.45 bits per heavy atom. The second kappa shape index (κ2) is 5.54. The molecule has 0 saturated heterocycles. The number of sulfonamides is 1. The third-order valence-corrected chi connectivity index (χ3v) is 5.14. The molecule has 2 rings (SSSR count). The van der Waals surface area contributed by atoms with E-state index in [0.29, 0.717) is 6.07 Å². The predicted molar refractivity (Wildman–Crippen MR) is 69.1 cm³/mol. The molecule has 0 unspecified atom stereocenters. The minimum Gasteiger partial charge on any atom is -0.207 e. The fourth-order valence-electron chi connectivity index (χ4n) is 1.91. The van der Waals surface area contributed by atoms with Gasteiger partial charge in [-0.05, 0) is 31.0 Å². The Morgan fingerprint density at radius 2 is 1.95 bits per heavy atom. The second-order valence-electron chi connectivity index (χ2n) is 4.56. The fourth-order valence-corrected chi connectivity index (χ4v) is 3.93. The molecule has 0 aromatic heterocycles. The zero-order valence-electron chi connectivity index (χ0n) is 10.4. The van der Waals surface area contributed by atoms with E-state index in [1.807, 2.05) is 0 Å². The van der Waals surface area contributed by atoms with E-state index in [-0.39, 0.29) is 23.4 Å². The molecule has 0 aliphatic heterocycles. The van der Waals surface area contributed by atoms with Gasteiger partial charge in [0.2, 0.25) is 10.0 Å². The lowest BCUT2D eigenvalue weighted by Gasteiger charge is -2.21. The van der Waals surface area contributed by atoms with Crippen molar-refractivity contribution in [2.24, 2.45) is 0 Å². The smallest absolute Gasteiger partial charge is 0.207 e. The van der Waals surface area contributed by atoms with E-state index < -0.39 is 21.8 Å². The fraction of sp³-hybridized carbons (Fsp3) is 0.500. The molecule has 0 amide bonds. The molecular weight excluding hydrogens is 315 g/mol. The number of hydrogen-bond acceptors (Lipinski definition) is 2. The largest absolute Gasteiger partial charge is 0.416 e. The number of alkyl halides is 4. The average molecular weight is 328 g/mol. The normalized spacial score (nSPS) is 16.6. The van der Waals surface area contributed by atoms with Crippen molar-refractivity contribution in [2.75, 3.05) is 12.4 Å². The predicted octanol–water partition coefficient (Wildman–Crippen LogP) is 3.10. The molecule has 20 heavy (non-hydrogen) atoms. The van der Waals surface area contributed by atoms with Crippen molar-refractivity contribution < 1.29 is 21.6 Å². The zero-order valence-corrected chi connectivity index (χ0v) is 12.0. The third-order valence-electron chi connectivity index (χ3n) is 3.03. The van der Waals surface area contributed by atoms with Crippen LogP contribution in [0.1, 0.15) is 18.4 Å². The highest BCUT2D eigenvalue weighted by molar-refractivity contribution is 7.89. The highest BCUT2D eigenvalue weighted by Gasteiger charge is 2.38. The number of benzene rings is 1. The molecule has 0 heterocycles. The maximum Gasteiger partial charge on any atom is 0.416 e. The van der Waals surface area contributed by atoms with Crippen LogP contribution in [-0.4, -0.2) is 31.2 Å². The Labute approximate surface area is 120 Å². The van der Waals surface area contributed by atoms with E-state index in [9.17, 15) is 21.6 Å². The maximum atomic E-state index is 12.6. The van der Waals surface area contributed by atoms with Crippen LogP contribution < -0.4 is 0 Å². The summed E-state index contributed by atoms with van der Waals surface area (Å²) >= 11 is 5.58. The van der Waals surface area contributed by atoms with E-state index in [2.05, 4.69) is 0 Å². The number of rotatable bonds is 5. The lowest BCUT2D eigenvalue weighted by atomic mass is 10.2. The summed E-state index contributed by atoms with van der Waals surface area (Å²) in [5.41, 5.74) is -0.972. The highest BCUT2D eigenvalue weighted by atomic mass is 35.5. The SMILES string of the molecule is O=S(=O)(c1cccc(C(F)(F)F)c1)N(CCCl)C1CC1. The van der Waals surface area contributed by atoms with E-state index in [1.54, 1.807) is 0 Å². The molecule has 1 aromatic rings. The van der Waals surface area contributed by atoms with Crippen LogP contribution in [0.5, 0.6) is 0 Å². The van der Waals surface area contributed by atoms with Gasteiger partial charge >= 0.3 is 6.18 Å². The van der Waals surface area contributed by atoms with Crippen molar-refractivity contribution in [3.05, 3.63) is 29.8 Å². The van der Waals surface area contributed by atoms with Crippen LogP contribution in [-0.2, 0) is 16.2 Å². The molecular formula is C12H13ClF3NO2S. The molecule has 0 atom stereocenters. The molecule has 1 fully saturated rings. The van der Waals surface area contributed by atoms with Gasteiger partial charge in [-0.1, -0.05) is 6.07 Å². The van der Waals surface area contributed by atoms with Gasteiger partial charge in [0.05, 0.1) is 10.5 Å². The Balaban J connectivity index is 2.38. The van der Waals surface area contributed by atoms with Crippen molar-refractivity contribution in [3.8, 4) is 0 Å². The molecule has 112 valence electrons. The summed E-state index contributed by atoms with van der Waals surface area (Å²) in [7, 11) is -3.93. The van der Waals surface area contributed by atoms with Gasteiger partial charge in [0.25, 0.3) is 0 Å². The van der Waals surface area contributed by atoms with Crippen LogP contribution in [0.2, 0.25) is 0 Å². The van der Waals surface area contributed by atoms with Gasteiger partial charge in [0.15, 0.2) is 0 Å². The Hall–Kier alpha value is -0.790. The maximum absolute atomic E-state index is 12.6. The second-order valence-corrected chi connectivity index (χ2v) is 6.83. The van der Waals surface area contributed by atoms with E-state index >= 15 is 0 Å². The van der Waals surface area contributed by atoms with Gasteiger partial charge in [-0.25, -0.2) is 8.42 Å². The quantitative estimate of drug-likeness (QED) is 0.779. The number of nitrogens with zero attached hydrogens (tertiary/aromatic N) is 1. The van der Waals surface area contributed by atoms with Crippen LogP contribution in [0.15, 0.2) is 29.2 Å². The molecule has 1 aliphatic carbocycles. The van der Waals surface area contributed by atoms with Gasteiger partial charge in [-0.15, -0.1) is 11.6 Å².